The number of fused-ring (bicyclic) bond motifs is 2. The summed E-state index contributed by atoms with van der Waals surface area (Å²) in [6.07, 6.45) is 6.96. The van der Waals surface area contributed by atoms with Crippen molar-refractivity contribution < 1.29 is 4.79 Å². The van der Waals surface area contributed by atoms with Crippen molar-refractivity contribution in [2.75, 3.05) is 13.6 Å². The van der Waals surface area contributed by atoms with Gasteiger partial charge >= 0.3 is 0 Å². The zero-order chi connectivity index (χ0) is 13.1. The second-order valence-electron chi connectivity index (χ2n) is 6.47. The summed E-state index contributed by atoms with van der Waals surface area (Å²) >= 11 is 0. The summed E-state index contributed by atoms with van der Waals surface area (Å²) in [5.41, 5.74) is 0. The van der Waals surface area contributed by atoms with E-state index in [-0.39, 0.29) is 12.4 Å². The first-order chi connectivity index (χ1) is 8.58. The minimum Gasteiger partial charge on any atom is -0.345 e. The molecule has 1 amide bonds. The van der Waals surface area contributed by atoms with E-state index in [1.165, 1.54) is 25.7 Å². The zero-order valence-electron chi connectivity index (χ0n) is 12.5. The maximum Gasteiger partial charge on any atom is 0.222 e. The number of nitrogens with zero attached hydrogens (tertiary/aromatic N) is 1. The second kappa shape index (κ2) is 7.49. The first-order valence-corrected chi connectivity index (χ1v) is 7.58. The molecule has 0 spiro atoms. The molecule has 0 saturated carbocycles. The van der Waals surface area contributed by atoms with Crippen LogP contribution in [0.3, 0.4) is 0 Å². The molecule has 0 aromatic rings. The molecule has 2 aliphatic heterocycles. The van der Waals surface area contributed by atoms with Crippen LogP contribution in [-0.4, -0.2) is 36.5 Å². The summed E-state index contributed by atoms with van der Waals surface area (Å²) in [6.45, 7) is 5.31. The molecular weight excluding hydrogens is 260 g/mol. The van der Waals surface area contributed by atoms with Gasteiger partial charge in [-0.15, -0.1) is 12.4 Å². The Morgan fingerprint density at radius 2 is 1.89 bits per heavy atom. The molecule has 0 aromatic heterocycles. The smallest absolute Gasteiger partial charge is 0.222 e. The lowest BCUT2D eigenvalue weighted by Crippen LogP contribution is -2.40. The fourth-order valence-corrected chi connectivity index (χ4v) is 3.44. The maximum absolute atomic E-state index is 12.2. The molecule has 0 aromatic carbocycles. The quantitative estimate of drug-likeness (QED) is 0.844. The highest BCUT2D eigenvalue weighted by Gasteiger charge is 2.34. The number of amides is 1. The highest BCUT2D eigenvalue weighted by molar-refractivity contribution is 5.85. The van der Waals surface area contributed by atoms with Crippen molar-refractivity contribution in [3.8, 4) is 0 Å². The van der Waals surface area contributed by atoms with Crippen molar-refractivity contribution in [1.82, 2.24) is 10.2 Å². The van der Waals surface area contributed by atoms with E-state index in [4.69, 9.17) is 0 Å². The van der Waals surface area contributed by atoms with Crippen LogP contribution in [0.15, 0.2) is 0 Å². The topological polar surface area (TPSA) is 32.3 Å². The molecule has 2 heterocycles. The van der Waals surface area contributed by atoms with Gasteiger partial charge in [0.25, 0.3) is 0 Å². The number of carbonyl (C=O) groups excluding carboxylic acids is 1. The van der Waals surface area contributed by atoms with Crippen molar-refractivity contribution in [3.05, 3.63) is 0 Å². The Balaban J connectivity index is 0.00000180. The highest BCUT2D eigenvalue weighted by Crippen LogP contribution is 2.32. The van der Waals surface area contributed by atoms with Crippen molar-refractivity contribution in [1.29, 1.82) is 0 Å². The van der Waals surface area contributed by atoms with E-state index in [0.29, 0.717) is 29.8 Å². The number of hydrogen-bond acceptors (Lipinski definition) is 2. The molecule has 0 radical (unpaired) electrons. The van der Waals surface area contributed by atoms with Gasteiger partial charge in [-0.05, 0) is 37.5 Å². The third-order valence-corrected chi connectivity index (χ3v) is 4.74. The Morgan fingerprint density at radius 3 is 2.42 bits per heavy atom. The molecule has 112 valence electrons. The van der Waals surface area contributed by atoms with E-state index < -0.39 is 0 Å². The molecule has 2 bridgehead atoms. The summed E-state index contributed by atoms with van der Waals surface area (Å²) < 4.78 is 0. The van der Waals surface area contributed by atoms with Crippen LogP contribution < -0.4 is 5.32 Å². The lowest BCUT2D eigenvalue weighted by atomic mass is 9.89. The van der Waals surface area contributed by atoms with E-state index >= 15 is 0 Å². The minimum absolute atomic E-state index is 0. The van der Waals surface area contributed by atoms with Crippen LogP contribution in [0.1, 0.15) is 52.4 Å². The molecule has 2 rings (SSSR count). The van der Waals surface area contributed by atoms with Gasteiger partial charge in [0.05, 0.1) is 0 Å². The number of hydrogen-bond donors (Lipinski definition) is 1. The molecule has 2 saturated heterocycles. The lowest BCUT2D eigenvalue weighted by Gasteiger charge is -2.30. The van der Waals surface area contributed by atoms with E-state index in [2.05, 4.69) is 19.2 Å². The van der Waals surface area contributed by atoms with Gasteiger partial charge in [-0.1, -0.05) is 20.3 Å². The van der Waals surface area contributed by atoms with Gasteiger partial charge in [0.1, 0.15) is 0 Å². The van der Waals surface area contributed by atoms with E-state index in [9.17, 15) is 4.79 Å². The van der Waals surface area contributed by atoms with Gasteiger partial charge < -0.3 is 10.2 Å². The maximum atomic E-state index is 12.2. The van der Waals surface area contributed by atoms with E-state index in [1.807, 2.05) is 11.9 Å². The van der Waals surface area contributed by atoms with Crippen molar-refractivity contribution in [3.63, 3.8) is 0 Å². The van der Waals surface area contributed by atoms with Gasteiger partial charge in [-0.2, -0.15) is 0 Å². The number of rotatable bonds is 5. The molecule has 3 atom stereocenters. The Bertz CT molecular complexity index is 286. The number of nitrogens with one attached hydrogen (secondary N) is 1. The Labute approximate surface area is 123 Å². The van der Waals surface area contributed by atoms with Crippen molar-refractivity contribution in [2.45, 2.75) is 64.5 Å². The molecular formula is C15H29ClN2O. The summed E-state index contributed by atoms with van der Waals surface area (Å²) in [5.74, 6) is 1.58. The summed E-state index contributed by atoms with van der Waals surface area (Å²) in [6, 6.07) is 1.39. The van der Waals surface area contributed by atoms with Crippen LogP contribution in [0.25, 0.3) is 0 Å². The standard InChI is InChI=1S/C15H28N2O.ClH/c1-4-11(2)10-17(3)15(18)9-12-7-13-5-6-14(8-12)16-13;/h11-14,16H,4-10H2,1-3H3;1H. The molecule has 0 aliphatic carbocycles. The summed E-state index contributed by atoms with van der Waals surface area (Å²) in [4.78, 5) is 14.1. The number of piperidine rings is 1. The third kappa shape index (κ3) is 4.64. The van der Waals surface area contributed by atoms with E-state index in [1.54, 1.807) is 0 Å². The van der Waals surface area contributed by atoms with Gasteiger partial charge in [0.2, 0.25) is 5.91 Å². The molecule has 1 N–H and O–H groups in total. The number of carbonyl (C=O) groups is 1. The van der Waals surface area contributed by atoms with Crippen LogP contribution in [0, 0.1) is 11.8 Å². The van der Waals surface area contributed by atoms with Crippen LogP contribution in [0.2, 0.25) is 0 Å². The summed E-state index contributed by atoms with van der Waals surface area (Å²) in [5, 5.41) is 3.64. The first kappa shape index (κ1) is 16.8. The highest BCUT2D eigenvalue weighted by atomic mass is 35.5. The molecule has 2 aliphatic rings. The van der Waals surface area contributed by atoms with Gasteiger partial charge in [-0.3, -0.25) is 4.79 Å². The van der Waals surface area contributed by atoms with Gasteiger partial charge in [-0.25, -0.2) is 0 Å². The second-order valence-corrected chi connectivity index (χ2v) is 6.47. The van der Waals surface area contributed by atoms with Gasteiger partial charge in [0.15, 0.2) is 0 Å². The van der Waals surface area contributed by atoms with Crippen molar-refractivity contribution in [2.24, 2.45) is 11.8 Å². The Morgan fingerprint density at radius 1 is 1.32 bits per heavy atom. The predicted molar refractivity (Wildman–Crippen MR) is 81.6 cm³/mol. The molecule has 3 nitrogen and oxygen atoms in total. The fraction of sp³-hybridized carbons (Fsp3) is 0.933. The average molecular weight is 289 g/mol. The van der Waals surface area contributed by atoms with E-state index in [0.717, 1.165) is 19.4 Å². The molecule has 19 heavy (non-hydrogen) atoms. The summed E-state index contributed by atoms with van der Waals surface area (Å²) in [7, 11) is 1.96. The monoisotopic (exact) mass is 288 g/mol. The van der Waals surface area contributed by atoms with Gasteiger partial charge in [0, 0.05) is 32.1 Å². The normalized spacial score (nSPS) is 30.6. The predicted octanol–water partition coefficient (Wildman–Crippen LogP) is 2.83. The average Bonchev–Trinajstić information content (AvgIpc) is 2.68. The zero-order valence-corrected chi connectivity index (χ0v) is 13.3. The first-order valence-electron chi connectivity index (χ1n) is 7.58. The minimum atomic E-state index is 0. The third-order valence-electron chi connectivity index (χ3n) is 4.74. The van der Waals surface area contributed by atoms with Crippen LogP contribution in [0.4, 0.5) is 0 Å². The Kier molecular flexibility index (Phi) is 6.61. The lowest BCUT2D eigenvalue weighted by molar-refractivity contribution is -0.131. The molecule has 2 fully saturated rings. The van der Waals surface area contributed by atoms with Crippen LogP contribution >= 0.6 is 12.4 Å². The van der Waals surface area contributed by atoms with Crippen LogP contribution in [0.5, 0.6) is 0 Å². The fourth-order valence-electron chi connectivity index (χ4n) is 3.44. The number of halogens is 1. The largest absolute Gasteiger partial charge is 0.345 e. The van der Waals surface area contributed by atoms with Crippen molar-refractivity contribution >= 4 is 18.3 Å². The van der Waals surface area contributed by atoms with Crippen LogP contribution in [-0.2, 0) is 4.79 Å². The Hall–Kier alpha value is -0.280. The molecule has 3 unspecified atom stereocenters. The molecule has 4 heteroatoms. The SMILES string of the molecule is CCC(C)CN(C)C(=O)CC1CC2CCC(C1)N2.Cl.